The molecule has 0 heterocycles. The lowest BCUT2D eigenvalue weighted by Crippen LogP contribution is -2.49. The van der Waals surface area contributed by atoms with Crippen molar-refractivity contribution in [3.63, 3.8) is 0 Å². The zero-order valence-electron chi connectivity index (χ0n) is 12.5. The van der Waals surface area contributed by atoms with Crippen LogP contribution in [0.15, 0.2) is 48.5 Å². The van der Waals surface area contributed by atoms with Gasteiger partial charge in [-0.2, -0.15) is 0 Å². The number of hydrogen-bond donors (Lipinski definition) is 2. The second-order valence-corrected chi connectivity index (χ2v) is 7.58. The average Bonchev–Trinajstić information content (AvgIpc) is 2.55. The third-order valence-electron chi connectivity index (χ3n) is 3.13. The van der Waals surface area contributed by atoms with E-state index in [0.29, 0.717) is 22.0 Å². The predicted octanol–water partition coefficient (Wildman–Crippen LogP) is 4.89. The van der Waals surface area contributed by atoms with E-state index in [4.69, 9.17) is 51.1 Å². The van der Waals surface area contributed by atoms with E-state index in [1.165, 1.54) is 0 Å². The molecule has 8 heteroatoms. The fourth-order valence-corrected chi connectivity index (χ4v) is 2.41. The molecule has 0 bridgehead atoms. The number of para-hydroxylation sites is 1. The number of carbonyl (C=O) groups excluding carboxylic acids is 1. The summed E-state index contributed by atoms with van der Waals surface area (Å²) in [6, 6.07) is 13.5. The molecule has 0 saturated carbocycles. The number of nitrogens with one attached hydrogen (secondary N) is 2. The number of rotatable bonds is 5. The fourth-order valence-electron chi connectivity index (χ4n) is 1.89. The van der Waals surface area contributed by atoms with Gasteiger partial charge in [0.2, 0.25) is 3.79 Å². The third kappa shape index (κ3) is 5.08. The number of benzene rings is 2. The summed E-state index contributed by atoms with van der Waals surface area (Å²) in [5, 5.41) is 6.01. The highest BCUT2D eigenvalue weighted by molar-refractivity contribution is 6.68. The second-order valence-electron chi connectivity index (χ2n) is 4.80. The first-order valence-corrected chi connectivity index (χ1v) is 8.35. The summed E-state index contributed by atoms with van der Waals surface area (Å²) in [6.07, 6.45) is -0.989. The van der Waals surface area contributed by atoms with E-state index in [2.05, 4.69) is 10.6 Å². The molecule has 0 spiro atoms. The van der Waals surface area contributed by atoms with Crippen LogP contribution in [-0.2, 0) is 0 Å². The number of carbonyl (C=O) groups is 1. The Labute approximate surface area is 160 Å². The quantitative estimate of drug-likeness (QED) is 0.548. The molecule has 0 aliphatic carbocycles. The molecule has 1 atom stereocenters. The van der Waals surface area contributed by atoms with Crippen LogP contribution in [0.1, 0.15) is 10.4 Å². The summed E-state index contributed by atoms with van der Waals surface area (Å²) in [6.45, 7) is 0. The molecule has 2 aromatic rings. The monoisotopic (exact) mass is 406 g/mol. The number of ether oxygens (including phenoxy) is 1. The van der Waals surface area contributed by atoms with E-state index < -0.39 is 15.9 Å². The maximum Gasteiger partial charge on any atom is 0.252 e. The van der Waals surface area contributed by atoms with Gasteiger partial charge < -0.3 is 15.4 Å². The second kappa shape index (κ2) is 8.17. The minimum Gasteiger partial charge on any atom is -0.497 e. The van der Waals surface area contributed by atoms with Gasteiger partial charge in [-0.1, -0.05) is 58.5 Å². The van der Waals surface area contributed by atoms with E-state index in [-0.39, 0.29) is 0 Å². The minimum atomic E-state index is -1.79. The van der Waals surface area contributed by atoms with Crippen LogP contribution >= 0.6 is 46.4 Å². The number of methoxy groups -OCH3 is 1. The van der Waals surface area contributed by atoms with Gasteiger partial charge in [0.1, 0.15) is 11.9 Å². The molecule has 0 aromatic heterocycles. The Hall–Kier alpha value is -1.33. The van der Waals surface area contributed by atoms with E-state index >= 15 is 0 Å². The predicted molar refractivity (Wildman–Crippen MR) is 99.6 cm³/mol. The van der Waals surface area contributed by atoms with Crippen LogP contribution in [0.5, 0.6) is 5.75 Å². The van der Waals surface area contributed by atoms with Crippen LogP contribution in [0.25, 0.3) is 0 Å². The molecule has 24 heavy (non-hydrogen) atoms. The number of alkyl halides is 3. The molecule has 1 amide bonds. The van der Waals surface area contributed by atoms with Gasteiger partial charge in [-0.25, -0.2) is 0 Å². The van der Waals surface area contributed by atoms with Crippen molar-refractivity contribution in [2.75, 3.05) is 12.4 Å². The molecular weight excluding hydrogens is 394 g/mol. The van der Waals surface area contributed by atoms with E-state index in [1.807, 2.05) is 0 Å². The highest BCUT2D eigenvalue weighted by Crippen LogP contribution is 2.32. The Balaban J connectivity index is 2.16. The van der Waals surface area contributed by atoms with Gasteiger partial charge in [0, 0.05) is 5.56 Å². The first-order chi connectivity index (χ1) is 11.3. The largest absolute Gasteiger partial charge is 0.497 e. The summed E-state index contributed by atoms with van der Waals surface area (Å²) in [5.74, 6) is 0.229. The van der Waals surface area contributed by atoms with E-state index in [1.54, 1.807) is 55.6 Å². The molecule has 0 fully saturated rings. The Morgan fingerprint density at radius 1 is 1.08 bits per heavy atom. The van der Waals surface area contributed by atoms with Gasteiger partial charge in [-0.3, -0.25) is 4.79 Å². The molecular formula is C16H14Cl4N2O2. The Kier molecular flexibility index (Phi) is 6.47. The average molecular weight is 408 g/mol. The third-order valence-corrected chi connectivity index (χ3v) is 4.11. The Morgan fingerprint density at radius 2 is 1.71 bits per heavy atom. The van der Waals surface area contributed by atoms with Gasteiger partial charge >= 0.3 is 0 Å². The Bertz CT molecular complexity index is 702. The smallest absolute Gasteiger partial charge is 0.252 e. The topological polar surface area (TPSA) is 50.4 Å². The lowest BCUT2D eigenvalue weighted by molar-refractivity contribution is 0.0942. The number of anilines is 1. The number of halogens is 4. The maximum atomic E-state index is 12.4. The summed E-state index contributed by atoms with van der Waals surface area (Å²) in [7, 11) is 1.54. The molecule has 0 saturated heterocycles. The van der Waals surface area contributed by atoms with Crippen molar-refractivity contribution < 1.29 is 9.53 Å². The van der Waals surface area contributed by atoms with Crippen LogP contribution in [0.3, 0.4) is 0 Å². The van der Waals surface area contributed by atoms with Crippen LogP contribution in [0, 0.1) is 0 Å². The summed E-state index contributed by atoms with van der Waals surface area (Å²) in [4.78, 5) is 12.4. The van der Waals surface area contributed by atoms with Gasteiger partial charge in [0.25, 0.3) is 5.91 Å². The Morgan fingerprint density at radius 3 is 2.25 bits per heavy atom. The molecule has 0 aliphatic heterocycles. The standard InChI is InChI=1S/C16H14Cl4N2O2/c1-24-11-8-6-10(7-9-11)14(23)22-15(16(18,19)20)21-13-5-3-2-4-12(13)17/h2-9,15,21H,1H3,(H,22,23)/t15-/m0/s1. The van der Waals surface area contributed by atoms with Crippen LogP contribution in [0.4, 0.5) is 5.69 Å². The van der Waals surface area contributed by atoms with Gasteiger partial charge in [0.05, 0.1) is 17.8 Å². The zero-order valence-corrected chi connectivity index (χ0v) is 15.5. The van der Waals surface area contributed by atoms with Gasteiger partial charge in [-0.05, 0) is 36.4 Å². The SMILES string of the molecule is COc1ccc(C(=O)N[C@H](Nc2ccccc2Cl)C(Cl)(Cl)Cl)cc1. The molecule has 2 rings (SSSR count). The van der Waals surface area contributed by atoms with E-state index in [9.17, 15) is 4.79 Å². The summed E-state index contributed by atoms with van der Waals surface area (Å²) < 4.78 is 3.26. The summed E-state index contributed by atoms with van der Waals surface area (Å²) >= 11 is 24.0. The lowest BCUT2D eigenvalue weighted by Gasteiger charge is -2.27. The molecule has 2 N–H and O–H groups in total. The highest BCUT2D eigenvalue weighted by Gasteiger charge is 2.34. The van der Waals surface area contributed by atoms with Crippen molar-refractivity contribution in [2.45, 2.75) is 9.96 Å². The van der Waals surface area contributed by atoms with Crippen molar-refractivity contribution in [1.82, 2.24) is 5.32 Å². The summed E-state index contributed by atoms with van der Waals surface area (Å²) in [5.41, 5.74) is 0.932. The zero-order chi connectivity index (χ0) is 17.7. The molecule has 0 aliphatic rings. The van der Waals surface area contributed by atoms with Crippen molar-refractivity contribution in [3.8, 4) is 5.75 Å². The molecule has 2 aromatic carbocycles. The lowest BCUT2D eigenvalue weighted by atomic mass is 10.2. The number of amides is 1. The minimum absolute atomic E-state index is 0.399. The van der Waals surface area contributed by atoms with Gasteiger partial charge in [0.15, 0.2) is 0 Å². The first-order valence-electron chi connectivity index (χ1n) is 6.84. The fraction of sp³-hybridized carbons (Fsp3) is 0.188. The number of hydrogen-bond acceptors (Lipinski definition) is 3. The molecule has 0 unspecified atom stereocenters. The maximum absolute atomic E-state index is 12.4. The van der Waals surface area contributed by atoms with Crippen LogP contribution in [-0.4, -0.2) is 23.0 Å². The first kappa shape index (κ1) is 19.0. The highest BCUT2D eigenvalue weighted by atomic mass is 35.6. The van der Waals surface area contributed by atoms with Crippen LogP contribution < -0.4 is 15.4 Å². The van der Waals surface area contributed by atoms with Crippen LogP contribution in [0.2, 0.25) is 5.02 Å². The molecule has 128 valence electrons. The molecule has 0 radical (unpaired) electrons. The van der Waals surface area contributed by atoms with Gasteiger partial charge in [-0.15, -0.1) is 0 Å². The van der Waals surface area contributed by atoms with Crippen molar-refractivity contribution in [3.05, 3.63) is 59.1 Å². The van der Waals surface area contributed by atoms with Crippen molar-refractivity contribution in [1.29, 1.82) is 0 Å². The molecule has 4 nitrogen and oxygen atoms in total. The van der Waals surface area contributed by atoms with Crippen molar-refractivity contribution in [2.24, 2.45) is 0 Å². The normalized spacial score (nSPS) is 12.4. The van der Waals surface area contributed by atoms with E-state index in [0.717, 1.165) is 0 Å². The van der Waals surface area contributed by atoms with Crippen molar-refractivity contribution >= 4 is 58.0 Å².